The van der Waals surface area contributed by atoms with E-state index in [1.165, 1.54) is 0 Å². The molecule has 6 heteroatoms. The number of thioether (sulfide) groups is 1. The van der Waals surface area contributed by atoms with Crippen LogP contribution in [-0.2, 0) is 11.3 Å². The van der Waals surface area contributed by atoms with Gasteiger partial charge in [0.2, 0.25) is 5.91 Å². The highest BCUT2D eigenvalue weighted by molar-refractivity contribution is 9.10. The first-order valence-corrected chi connectivity index (χ1v) is 8.52. The lowest BCUT2D eigenvalue weighted by atomic mass is 10.2. The fourth-order valence-corrected chi connectivity index (χ4v) is 3.58. The van der Waals surface area contributed by atoms with Crippen molar-refractivity contribution in [3.05, 3.63) is 51.5 Å². The third-order valence-electron chi connectivity index (χ3n) is 3.11. The molecule has 2 N–H and O–H groups in total. The van der Waals surface area contributed by atoms with Gasteiger partial charge in [0, 0.05) is 26.6 Å². The minimum absolute atomic E-state index is 0.0422. The van der Waals surface area contributed by atoms with Crippen LogP contribution in [0.3, 0.4) is 0 Å². The number of hydrogen-bond donors (Lipinski definition) is 2. The first kappa shape index (κ1) is 14.8. The molecule has 0 unspecified atom stereocenters. The molecule has 0 aliphatic carbocycles. The topological polar surface area (TPSA) is 41.1 Å². The largest absolute Gasteiger partial charge is 0.381 e. The molecule has 3 rings (SSSR count). The number of anilines is 2. The average Bonchev–Trinajstić information content (AvgIpc) is 2.46. The summed E-state index contributed by atoms with van der Waals surface area (Å²) in [6.07, 6.45) is 0. The Morgan fingerprint density at radius 2 is 2.14 bits per heavy atom. The molecule has 1 amide bonds. The highest BCUT2D eigenvalue weighted by atomic mass is 79.9. The van der Waals surface area contributed by atoms with E-state index in [4.69, 9.17) is 11.6 Å². The SMILES string of the molecule is O=C1CSc2ccc(NCc3ccc(Br)cc3Cl)cc2N1. The molecule has 0 bridgehead atoms. The minimum Gasteiger partial charge on any atom is -0.381 e. The molecule has 2 aromatic carbocycles. The van der Waals surface area contributed by atoms with E-state index in [0.29, 0.717) is 12.3 Å². The van der Waals surface area contributed by atoms with E-state index in [1.54, 1.807) is 11.8 Å². The van der Waals surface area contributed by atoms with Crippen LogP contribution in [0.25, 0.3) is 0 Å². The van der Waals surface area contributed by atoms with Crippen molar-refractivity contribution in [3.63, 3.8) is 0 Å². The summed E-state index contributed by atoms with van der Waals surface area (Å²) in [6, 6.07) is 11.8. The van der Waals surface area contributed by atoms with E-state index in [1.807, 2.05) is 36.4 Å². The Hall–Kier alpha value is -1.17. The highest BCUT2D eigenvalue weighted by Gasteiger charge is 2.15. The minimum atomic E-state index is 0.0422. The first-order chi connectivity index (χ1) is 10.1. The van der Waals surface area contributed by atoms with Crippen LogP contribution < -0.4 is 10.6 Å². The number of benzene rings is 2. The van der Waals surface area contributed by atoms with Gasteiger partial charge in [0.15, 0.2) is 0 Å². The van der Waals surface area contributed by atoms with E-state index in [9.17, 15) is 4.79 Å². The lowest BCUT2D eigenvalue weighted by Crippen LogP contribution is -2.18. The number of amides is 1. The van der Waals surface area contributed by atoms with Gasteiger partial charge in [-0.05, 0) is 35.9 Å². The number of carbonyl (C=O) groups excluding carboxylic acids is 1. The Morgan fingerprint density at radius 3 is 2.95 bits per heavy atom. The van der Waals surface area contributed by atoms with Crippen molar-refractivity contribution < 1.29 is 4.79 Å². The number of nitrogens with one attached hydrogen (secondary N) is 2. The Labute approximate surface area is 140 Å². The molecule has 1 heterocycles. The van der Waals surface area contributed by atoms with E-state index < -0.39 is 0 Å². The maximum absolute atomic E-state index is 11.4. The zero-order valence-corrected chi connectivity index (χ0v) is 14.1. The van der Waals surface area contributed by atoms with Gasteiger partial charge in [0.05, 0.1) is 11.4 Å². The van der Waals surface area contributed by atoms with Crippen LogP contribution in [0.1, 0.15) is 5.56 Å². The summed E-state index contributed by atoms with van der Waals surface area (Å²) >= 11 is 11.1. The smallest absolute Gasteiger partial charge is 0.234 e. The fraction of sp³-hybridized carbons (Fsp3) is 0.133. The predicted octanol–water partition coefficient (Wildman–Crippen LogP) is 4.76. The second-order valence-corrected chi connectivity index (χ2v) is 6.98. The monoisotopic (exact) mass is 382 g/mol. The molecule has 1 aliphatic heterocycles. The normalized spacial score (nSPS) is 13.5. The van der Waals surface area contributed by atoms with Crippen molar-refractivity contribution in [2.45, 2.75) is 11.4 Å². The Kier molecular flexibility index (Phi) is 4.42. The van der Waals surface area contributed by atoms with Gasteiger partial charge < -0.3 is 10.6 Å². The van der Waals surface area contributed by atoms with Crippen LogP contribution in [0.5, 0.6) is 0 Å². The quantitative estimate of drug-likeness (QED) is 0.803. The Balaban J connectivity index is 1.73. The van der Waals surface area contributed by atoms with Gasteiger partial charge in [-0.15, -0.1) is 11.8 Å². The summed E-state index contributed by atoms with van der Waals surface area (Å²) in [7, 11) is 0. The van der Waals surface area contributed by atoms with E-state index in [-0.39, 0.29) is 5.91 Å². The first-order valence-electron chi connectivity index (χ1n) is 6.36. The van der Waals surface area contributed by atoms with Gasteiger partial charge in [-0.25, -0.2) is 0 Å². The maximum Gasteiger partial charge on any atom is 0.234 e. The van der Waals surface area contributed by atoms with Gasteiger partial charge >= 0.3 is 0 Å². The summed E-state index contributed by atoms with van der Waals surface area (Å²) in [4.78, 5) is 12.5. The van der Waals surface area contributed by atoms with Crippen molar-refractivity contribution in [1.82, 2.24) is 0 Å². The second kappa shape index (κ2) is 6.30. The van der Waals surface area contributed by atoms with Crippen molar-refractivity contribution in [3.8, 4) is 0 Å². The number of rotatable bonds is 3. The standard InChI is InChI=1S/C15H12BrClN2OS/c16-10-2-1-9(12(17)5-10)7-18-11-3-4-14-13(6-11)19-15(20)8-21-14/h1-6,18H,7-8H2,(H,19,20). The van der Waals surface area contributed by atoms with Crippen molar-refractivity contribution >= 4 is 56.6 Å². The van der Waals surface area contributed by atoms with Crippen LogP contribution in [-0.4, -0.2) is 11.7 Å². The third kappa shape index (κ3) is 3.54. The van der Waals surface area contributed by atoms with Gasteiger partial charge in [-0.3, -0.25) is 4.79 Å². The molecule has 0 spiro atoms. The van der Waals surface area contributed by atoms with Crippen LogP contribution in [0, 0.1) is 0 Å². The fourth-order valence-electron chi connectivity index (χ4n) is 2.06. The number of fused-ring (bicyclic) bond motifs is 1. The van der Waals surface area contributed by atoms with Crippen LogP contribution >= 0.6 is 39.3 Å². The van der Waals surface area contributed by atoms with Gasteiger partial charge in [-0.1, -0.05) is 33.6 Å². The molecule has 3 nitrogen and oxygen atoms in total. The molecular formula is C15H12BrClN2OS. The van der Waals surface area contributed by atoms with Gasteiger partial charge in [0.25, 0.3) is 0 Å². The molecule has 0 saturated heterocycles. The van der Waals surface area contributed by atoms with Crippen LogP contribution in [0.4, 0.5) is 11.4 Å². The number of halogens is 2. The Bertz CT molecular complexity index is 708. The molecule has 0 atom stereocenters. The molecule has 108 valence electrons. The van der Waals surface area contributed by atoms with Crippen molar-refractivity contribution in [2.75, 3.05) is 16.4 Å². The number of hydrogen-bond acceptors (Lipinski definition) is 3. The second-order valence-electron chi connectivity index (χ2n) is 4.64. The summed E-state index contributed by atoms with van der Waals surface area (Å²) in [5.41, 5.74) is 2.84. The molecule has 0 radical (unpaired) electrons. The molecule has 0 aromatic heterocycles. The van der Waals surface area contributed by atoms with Crippen molar-refractivity contribution in [1.29, 1.82) is 0 Å². The predicted molar refractivity (Wildman–Crippen MR) is 92.3 cm³/mol. The van der Waals surface area contributed by atoms with E-state index in [2.05, 4.69) is 26.6 Å². The highest BCUT2D eigenvalue weighted by Crippen LogP contribution is 2.33. The van der Waals surface area contributed by atoms with Crippen LogP contribution in [0.2, 0.25) is 5.02 Å². The Morgan fingerprint density at radius 1 is 1.29 bits per heavy atom. The zero-order valence-electron chi connectivity index (χ0n) is 11.0. The van der Waals surface area contributed by atoms with Gasteiger partial charge in [-0.2, -0.15) is 0 Å². The molecule has 1 aliphatic rings. The summed E-state index contributed by atoms with van der Waals surface area (Å²) < 4.78 is 0.963. The zero-order chi connectivity index (χ0) is 14.8. The van der Waals surface area contributed by atoms with Crippen LogP contribution in [0.15, 0.2) is 45.8 Å². The van der Waals surface area contributed by atoms with E-state index >= 15 is 0 Å². The van der Waals surface area contributed by atoms with Gasteiger partial charge in [0.1, 0.15) is 0 Å². The molecule has 2 aromatic rings. The third-order valence-corrected chi connectivity index (χ3v) is 5.03. The lowest BCUT2D eigenvalue weighted by molar-refractivity contribution is -0.113. The average molecular weight is 384 g/mol. The number of carbonyl (C=O) groups is 1. The van der Waals surface area contributed by atoms with E-state index in [0.717, 1.165) is 31.3 Å². The molecule has 21 heavy (non-hydrogen) atoms. The molecule has 0 saturated carbocycles. The summed E-state index contributed by atoms with van der Waals surface area (Å²) in [5.74, 6) is 0.523. The maximum atomic E-state index is 11.4. The summed E-state index contributed by atoms with van der Waals surface area (Å²) in [6.45, 7) is 0.631. The molecule has 0 fully saturated rings. The molecular weight excluding hydrogens is 372 g/mol. The lowest BCUT2D eigenvalue weighted by Gasteiger charge is -2.17. The van der Waals surface area contributed by atoms with Crippen molar-refractivity contribution in [2.24, 2.45) is 0 Å². The summed E-state index contributed by atoms with van der Waals surface area (Å²) in [5, 5.41) is 6.93.